The minimum absolute atomic E-state index is 0.314. The zero-order valence-electron chi connectivity index (χ0n) is 12.6. The second-order valence-corrected chi connectivity index (χ2v) is 6.15. The maximum Gasteiger partial charge on any atom is 0.126 e. The van der Waals surface area contributed by atoms with E-state index in [1.807, 2.05) is 0 Å². The molecule has 2 aromatic rings. The van der Waals surface area contributed by atoms with Crippen LogP contribution in [0.1, 0.15) is 50.9 Å². The molecule has 0 radical (unpaired) electrons. The molecule has 0 bridgehead atoms. The highest BCUT2D eigenvalue weighted by Gasteiger charge is 2.17. The molecule has 1 N–H and O–H groups in total. The van der Waals surface area contributed by atoms with E-state index < -0.39 is 0 Å². The van der Waals surface area contributed by atoms with Gasteiger partial charge in [-0.1, -0.05) is 31.4 Å². The largest absolute Gasteiger partial charge is 0.330 e. The molecule has 20 heavy (non-hydrogen) atoms. The molecule has 1 saturated carbocycles. The van der Waals surface area contributed by atoms with Crippen molar-refractivity contribution in [2.24, 2.45) is 13.0 Å². The normalized spacial score (nSPS) is 18.5. The zero-order valence-corrected chi connectivity index (χ0v) is 12.6. The van der Waals surface area contributed by atoms with Gasteiger partial charge in [0.1, 0.15) is 5.82 Å². The van der Waals surface area contributed by atoms with Crippen LogP contribution in [0.3, 0.4) is 0 Å². The minimum Gasteiger partial charge on any atom is -0.330 e. The van der Waals surface area contributed by atoms with Crippen molar-refractivity contribution in [3.05, 3.63) is 30.1 Å². The van der Waals surface area contributed by atoms with Gasteiger partial charge < -0.3 is 9.88 Å². The fraction of sp³-hybridized carbons (Fsp3) is 0.588. The first-order valence-corrected chi connectivity index (χ1v) is 7.90. The summed E-state index contributed by atoms with van der Waals surface area (Å²) in [5, 5.41) is 3.69. The lowest BCUT2D eigenvalue weighted by Gasteiger charge is -2.24. The van der Waals surface area contributed by atoms with Crippen molar-refractivity contribution >= 4 is 11.0 Å². The average molecular weight is 271 g/mol. The van der Waals surface area contributed by atoms with Crippen LogP contribution >= 0.6 is 0 Å². The van der Waals surface area contributed by atoms with Gasteiger partial charge in [-0.05, 0) is 44.4 Å². The van der Waals surface area contributed by atoms with Crippen LogP contribution < -0.4 is 5.32 Å². The van der Waals surface area contributed by atoms with E-state index in [1.54, 1.807) is 0 Å². The third kappa shape index (κ3) is 2.73. The summed E-state index contributed by atoms with van der Waals surface area (Å²) >= 11 is 0. The first-order chi connectivity index (χ1) is 9.75. The van der Waals surface area contributed by atoms with E-state index in [1.165, 1.54) is 37.6 Å². The Balaban J connectivity index is 1.68. The Morgan fingerprint density at radius 1 is 1.25 bits per heavy atom. The molecular formula is C17H25N3. The predicted octanol–water partition coefficient (Wildman–Crippen LogP) is 3.80. The van der Waals surface area contributed by atoms with E-state index in [4.69, 9.17) is 4.98 Å². The number of rotatable bonds is 4. The smallest absolute Gasteiger partial charge is 0.126 e. The van der Waals surface area contributed by atoms with E-state index in [2.05, 4.69) is 48.1 Å². The number of para-hydroxylation sites is 2. The number of nitrogens with one attached hydrogen (secondary N) is 1. The number of nitrogens with zero attached hydrogens (tertiary/aromatic N) is 2. The zero-order chi connectivity index (χ0) is 13.9. The summed E-state index contributed by atoms with van der Waals surface area (Å²) in [6.07, 6.45) is 7.03. The Labute approximate surface area is 121 Å². The number of aromatic nitrogens is 2. The highest BCUT2D eigenvalue weighted by molar-refractivity contribution is 5.75. The molecule has 0 aliphatic heterocycles. The molecule has 1 aliphatic carbocycles. The van der Waals surface area contributed by atoms with Gasteiger partial charge >= 0.3 is 0 Å². The topological polar surface area (TPSA) is 29.9 Å². The summed E-state index contributed by atoms with van der Waals surface area (Å²) in [6, 6.07) is 8.67. The van der Waals surface area contributed by atoms with Gasteiger partial charge in [0.15, 0.2) is 0 Å². The number of fused-ring (bicyclic) bond motifs is 1. The van der Waals surface area contributed by atoms with Crippen molar-refractivity contribution < 1.29 is 0 Å². The van der Waals surface area contributed by atoms with Crippen molar-refractivity contribution in [3.63, 3.8) is 0 Å². The molecule has 1 aliphatic rings. The summed E-state index contributed by atoms with van der Waals surface area (Å²) in [5.41, 5.74) is 2.31. The number of imidazole rings is 1. The quantitative estimate of drug-likeness (QED) is 0.916. The van der Waals surface area contributed by atoms with E-state index in [0.29, 0.717) is 6.04 Å². The molecule has 0 saturated heterocycles. The molecule has 1 aromatic carbocycles. The van der Waals surface area contributed by atoms with Crippen LogP contribution in [-0.4, -0.2) is 16.1 Å². The van der Waals surface area contributed by atoms with Crippen LogP contribution in [0.5, 0.6) is 0 Å². The molecule has 1 fully saturated rings. The Morgan fingerprint density at radius 2 is 2.00 bits per heavy atom. The van der Waals surface area contributed by atoms with E-state index in [0.717, 1.165) is 23.8 Å². The summed E-state index contributed by atoms with van der Waals surface area (Å²) in [7, 11) is 2.11. The molecule has 1 heterocycles. The van der Waals surface area contributed by atoms with Gasteiger partial charge in [-0.3, -0.25) is 0 Å². The van der Waals surface area contributed by atoms with E-state index in [-0.39, 0.29) is 0 Å². The molecule has 3 nitrogen and oxygen atoms in total. The van der Waals surface area contributed by atoms with Gasteiger partial charge in [-0.25, -0.2) is 4.98 Å². The third-order valence-electron chi connectivity index (χ3n) is 4.65. The van der Waals surface area contributed by atoms with Crippen LogP contribution in [0.2, 0.25) is 0 Å². The Morgan fingerprint density at radius 3 is 2.75 bits per heavy atom. The molecule has 3 rings (SSSR count). The Hall–Kier alpha value is -1.35. The summed E-state index contributed by atoms with van der Waals surface area (Å²) in [4.78, 5) is 4.78. The second-order valence-electron chi connectivity index (χ2n) is 6.15. The number of benzene rings is 1. The monoisotopic (exact) mass is 271 g/mol. The molecule has 1 atom stereocenters. The van der Waals surface area contributed by atoms with Crippen LogP contribution in [0.25, 0.3) is 11.0 Å². The Kier molecular flexibility index (Phi) is 4.06. The van der Waals surface area contributed by atoms with E-state index >= 15 is 0 Å². The molecule has 108 valence electrons. The summed E-state index contributed by atoms with van der Waals surface area (Å²) in [5.74, 6) is 2.00. The van der Waals surface area contributed by atoms with Crippen molar-refractivity contribution in [2.75, 3.05) is 6.54 Å². The number of hydrogen-bond acceptors (Lipinski definition) is 2. The molecular weight excluding hydrogens is 246 g/mol. The molecule has 0 spiro atoms. The van der Waals surface area contributed by atoms with Crippen LogP contribution in [0, 0.1) is 5.92 Å². The van der Waals surface area contributed by atoms with Crippen molar-refractivity contribution in [2.45, 2.75) is 45.1 Å². The maximum absolute atomic E-state index is 4.78. The van der Waals surface area contributed by atoms with Crippen LogP contribution in [0.15, 0.2) is 24.3 Å². The highest BCUT2D eigenvalue weighted by atomic mass is 15.1. The highest BCUT2D eigenvalue weighted by Crippen LogP contribution is 2.24. The number of hydrogen-bond donors (Lipinski definition) is 1. The van der Waals surface area contributed by atoms with Gasteiger partial charge in [0, 0.05) is 7.05 Å². The lowest BCUT2D eigenvalue weighted by Crippen LogP contribution is -2.28. The Bertz CT molecular complexity index is 567. The number of aryl methyl sites for hydroxylation is 1. The fourth-order valence-electron chi connectivity index (χ4n) is 3.38. The van der Waals surface area contributed by atoms with Crippen LogP contribution in [-0.2, 0) is 7.05 Å². The van der Waals surface area contributed by atoms with Gasteiger partial charge in [0.05, 0.1) is 17.1 Å². The van der Waals surface area contributed by atoms with Crippen molar-refractivity contribution in [3.8, 4) is 0 Å². The maximum atomic E-state index is 4.78. The van der Waals surface area contributed by atoms with Crippen molar-refractivity contribution in [1.82, 2.24) is 14.9 Å². The summed E-state index contributed by atoms with van der Waals surface area (Å²) in [6.45, 7) is 3.36. The predicted molar refractivity (Wildman–Crippen MR) is 83.7 cm³/mol. The first kappa shape index (κ1) is 13.6. The minimum atomic E-state index is 0.314. The second kappa shape index (κ2) is 5.96. The van der Waals surface area contributed by atoms with Gasteiger partial charge in [-0.2, -0.15) is 0 Å². The standard InChI is InChI=1S/C17H25N3/c1-13(18-12-14-8-4-3-5-9-14)17-19-15-10-6-7-11-16(15)20(17)2/h6-7,10-11,13-14,18H,3-5,8-9,12H2,1-2H3. The third-order valence-corrected chi connectivity index (χ3v) is 4.65. The lowest BCUT2D eigenvalue weighted by atomic mass is 9.89. The first-order valence-electron chi connectivity index (χ1n) is 7.90. The van der Waals surface area contributed by atoms with E-state index in [9.17, 15) is 0 Å². The van der Waals surface area contributed by atoms with Gasteiger partial charge in [-0.15, -0.1) is 0 Å². The molecule has 1 aromatic heterocycles. The molecule has 1 unspecified atom stereocenters. The SMILES string of the molecule is CC(NCC1CCCCC1)c1nc2ccccc2n1C. The summed E-state index contributed by atoms with van der Waals surface area (Å²) < 4.78 is 2.22. The van der Waals surface area contributed by atoms with Gasteiger partial charge in [0.25, 0.3) is 0 Å². The lowest BCUT2D eigenvalue weighted by molar-refractivity contribution is 0.328. The van der Waals surface area contributed by atoms with Crippen LogP contribution in [0.4, 0.5) is 0 Å². The average Bonchev–Trinajstić information content (AvgIpc) is 2.84. The van der Waals surface area contributed by atoms with Crippen molar-refractivity contribution in [1.29, 1.82) is 0 Å². The molecule has 3 heteroatoms. The van der Waals surface area contributed by atoms with Gasteiger partial charge in [0.2, 0.25) is 0 Å². The fourth-order valence-corrected chi connectivity index (χ4v) is 3.38. The molecule has 0 amide bonds.